The van der Waals surface area contributed by atoms with E-state index in [-0.39, 0.29) is 0 Å². The quantitative estimate of drug-likeness (QED) is 0.812. The Hall–Kier alpha value is -1.81. The number of anilines is 2. The lowest BCUT2D eigenvalue weighted by Crippen LogP contribution is -2.30. The Morgan fingerprint density at radius 3 is 3.05 bits per heavy atom. The van der Waals surface area contributed by atoms with Crippen molar-refractivity contribution in [3.05, 3.63) is 30.0 Å². The predicted octanol–water partition coefficient (Wildman–Crippen LogP) is 2.72. The predicted molar refractivity (Wildman–Crippen MR) is 78.4 cm³/mol. The highest BCUT2D eigenvalue weighted by atomic mass is 16.5. The molecule has 0 radical (unpaired) electrons. The second-order valence-electron chi connectivity index (χ2n) is 5.15. The smallest absolute Gasteiger partial charge is 0.0727 e. The van der Waals surface area contributed by atoms with Crippen molar-refractivity contribution < 1.29 is 4.74 Å². The summed E-state index contributed by atoms with van der Waals surface area (Å²) in [5, 5.41) is 4.65. The monoisotopic (exact) mass is 257 g/mol. The molecule has 3 rings (SSSR count). The molecule has 0 aliphatic carbocycles. The van der Waals surface area contributed by atoms with Gasteiger partial charge in [0.25, 0.3) is 0 Å². The molecule has 1 aromatic carbocycles. The number of nitrogen functional groups attached to an aromatic ring is 1. The number of aryl methyl sites for hydroxylation is 1. The van der Waals surface area contributed by atoms with Gasteiger partial charge in [-0.1, -0.05) is 0 Å². The second kappa shape index (κ2) is 5.05. The molecule has 2 aromatic rings. The minimum absolute atomic E-state index is 0.375. The van der Waals surface area contributed by atoms with Crippen molar-refractivity contribution >= 4 is 22.3 Å². The highest BCUT2D eigenvalue weighted by Crippen LogP contribution is 2.26. The molecule has 19 heavy (non-hydrogen) atoms. The van der Waals surface area contributed by atoms with E-state index in [0.29, 0.717) is 6.04 Å². The zero-order chi connectivity index (χ0) is 13.2. The van der Waals surface area contributed by atoms with E-state index in [4.69, 9.17) is 10.5 Å². The van der Waals surface area contributed by atoms with Gasteiger partial charge in [0.05, 0.1) is 12.1 Å². The molecule has 1 atom stereocenters. The fraction of sp³-hybridized carbons (Fsp3) is 0.400. The van der Waals surface area contributed by atoms with Gasteiger partial charge in [-0.2, -0.15) is 0 Å². The van der Waals surface area contributed by atoms with E-state index in [0.717, 1.165) is 54.0 Å². The number of nitrogens with two attached hydrogens (primary N) is 1. The summed E-state index contributed by atoms with van der Waals surface area (Å²) in [5.74, 6) is 0. The molecule has 1 aliphatic rings. The molecule has 100 valence electrons. The fourth-order valence-corrected chi connectivity index (χ4v) is 2.57. The normalized spacial score (nSPS) is 19.5. The maximum Gasteiger partial charge on any atom is 0.0727 e. The fourth-order valence-electron chi connectivity index (χ4n) is 2.57. The molecule has 1 saturated heterocycles. The topological polar surface area (TPSA) is 60.2 Å². The maximum atomic E-state index is 5.88. The molecule has 4 heteroatoms. The molecule has 3 N–H and O–H groups in total. The van der Waals surface area contributed by atoms with Crippen LogP contribution in [0.25, 0.3) is 10.9 Å². The Morgan fingerprint density at radius 2 is 2.26 bits per heavy atom. The van der Waals surface area contributed by atoms with Gasteiger partial charge in [-0.3, -0.25) is 4.98 Å². The number of nitrogens with zero attached hydrogens (tertiary/aromatic N) is 1. The molecule has 1 fully saturated rings. The molecule has 0 bridgehead atoms. The molecule has 2 heterocycles. The van der Waals surface area contributed by atoms with Crippen molar-refractivity contribution in [3.8, 4) is 0 Å². The van der Waals surface area contributed by atoms with Crippen LogP contribution in [0.5, 0.6) is 0 Å². The van der Waals surface area contributed by atoms with Gasteiger partial charge >= 0.3 is 0 Å². The third-order valence-electron chi connectivity index (χ3n) is 3.48. The summed E-state index contributed by atoms with van der Waals surface area (Å²) in [6, 6.07) is 8.30. The van der Waals surface area contributed by atoms with E-state index in [9.17, 15) is 0 Å². The van der Waals surface area contributed by atoms with Crippen molar-refractivity contribution in [2.24, 2.45) is 0 Å². The number of nitrogens with one attached hydrogen (secondary N) is 1. The van der Waals surface area contributed by atoms with E-state index in [1.54, 1.807) is 0 Å². The molecule has 0 spiro atoms. The summed E-state index contributed by atoms with van der Waals surface area (Å²) in [5.41, 5.74) is 9.74. The number of pyridine rings is 1. The van der Waals surface area contributed by atoms with Gasteiger partial charge in [-0.05, 0) is 44.0 Å². The summed E-state index contributed by atoms with van der Waals surface area (Å²) in [4.78, 5) is 4.54. The summed E-state index contributed by atoms with van der Waals surface area (Å²) in [7, 11) is 0. The van der Waals surface area contributed by atoms with Crippen LogP contribution in [0.15, 0.2) is 24.3 Å². The molecule has 1 unspecified atom stereocenters. The van der Waals surface area contributed by atoms with Crippen LogP contribution in [-0.4, -0.2) is 24.2 Å². The Bertz CT molecular complexity index is 591. The zero-order valence-electron chi connectivity index (χ0n) is 11.1. The van der Waals surface area contributed by atoms with Crippen LogP contribution in [0.3, 0.4) is 0 Å². The number of hydrogen-bond acceptors (Lipinski definition) is 4. The average Bonchev–Trinajstić information content (AvgIpc) is 2.41. The van der Waals surface area contributed by atoms with Gasteiger partial charge in [0.1, 0.15) is 0 Å². The van der Waals surface area contributed by atoms with Crippen LogP contribution in [0, 0.1) is 6.92 Å². The van der Waals surface area contributed by atoms with Gasteiger partial charge < -0.3 is 15.8 Å². The van der Waals surface area contributed by atoms with Crippen molar-refractivity contribution in [1.82, 2.24) is 4.98 Å². The van der Waals surface area contributed by atoms with Crippen molar-refractivity contribution in [3.63, 3.8) is 0 Å². The van der Waals surface area contributed by atoms with E-state index in [2.05, 4.69) is 16.4 Å². The molecule has 0 amide bonds. The maximum absolute atomic E-state index is 5.88. The minimum Gasteiger partial charge on any atom is -0.399 e. The Balaban J connectivity index is 1.98. The molecule has 4 nitrogen and oxygen atoms in total. The van der Waals surface area contributed by atoms with E-state index in [1.165, 1.54) is 0 Å². The molecular weight excluding hydrogens is 238 g/mol. The Morgan fingerprint density at radius 1 is 1.37 bits per heavy atom. The van der Waals surface area contributed by atoms with Crippen LogP contribution < -0.4 is 11.1 Å². The first-order chi connectivity index (χ1) is 9.22. The largest absolute Gasteiger partial charge is 0.399 e. The summed E-state index contributed by atoms with van der Waals surface area (Å²) < 4.78 is 5.52. The van der Waals surface area contributed by atoms with Crippen molar-refractivity contribution in [2.75, 3.05) is 24.3 Å². The number of hydrogen-bond donors (Lipinski definition) is 2. The van der Waals surface area contributed by atoms with Crippen LogP contribution in [0.1, 0.15) is 18.5 Å². The highest BCUT2D eigenvalue weighted by molar-refractivity contribution is 5.93. The first-order valence-corrected chi connectivity index (χ1v) is 6.73. The van der Waals surface area contributed by atoms with Gasteiger partial charge in [-0.25, -0.2) is 0 Å². The number of fused-ring (bicyclic) bond motifs is 1. The van der Waals surface area contributed by atoms with Crippen LogP contribution in [0.4, 0.5) is 11.4 Å². The molecular formula is C15H19N3O. The lowest BCUT2D eigenvalue weighted by molar-refractivity contribution is 0.0876. The molecule has 1 aliphatic heterocycles. The van der Waals surface area contributed by atoms with Gasteiger partial charge in [0.2, 0.25) is 0 Å². The Labute approximate surface area is 113 Å². The van der Waals surface area contributed by atoms with E-state index < -0.39 is 0 Å². The zero-order valence-corrected chi connectivity index (χ0v) is 11.1. The average molecular weight is 257 g/mol. The van der Waals surface area contributed by atoms with Crippen LogP contribution in [0.2, 0.25) is 0 Å². The van der Waals surface area contributed by atoms with Gasteiger partial charge in [0.15, 0.2) is 0 Å². The summed E-state index contributed by atoms with van der Waals surface area (Å²) in [6.45, 7) is 3.66. The Kier molecular flexibility index (Phi) is 3.25. The third kappa shape index (κ3) is 2.63. The van der Waals surface area contributed by atoms with Crippen LogP contribution in [-0.2, 0) is 4.74 Å². The summed E-state index contributed by atoms with van der Waals surface area (Å²) >= 11 is 0. The lowest BCUT2D eigenvalue weighted by Gasteiger charge is -2.25. The minimum atomic E-state index is 0.375. The third-order valence-corrected chi connectivity index (χ3v) is 3.48. The number of ether oxygens (including phenoxy) is 1. The van der Waals surface area contributed by atoms with Gasteiger partial charge in [0, 0.05) is 35.1 Å². The second-order valence-corrected chi connectivity index (χ2v) is 5.15. The lowest BCUT2D eigenvalue weighted by atomic mass is 10.1. The number of benzene rings is 1. The van der Waals surface area contributed by atoms with Crippen LogP contribution >= 0.6 is 0 Å². The highest BCUT2D eigenvalue weighted by Gasteiger charge is 2.15. The summed E-state index contributed by atoms with van der Waals surface area (Å²) in [6.07, 6.45) is 2.26. The van der Waals surface area contributed by atoms with Crippen molar-refractivity contribution in [2.45, 2.75) is 25.8 Å². The first-order valence-electron chi connectivity index (χ1n) is 6.73. The molecule has 0 saturated carbocycles. The van der Waals surface area contributed by atoms with E-state index in [1.807, 2.05) is 25.1 Å². The van der Waals surface area contributed by atoms with E-state index >= 15 is 0 Å². The number of aromatic nitrogens is 1. The van der Waals surface area contributed by atoms with Gasteiger partial charge in [-0.15, -0.1) is 0 Å². The standard InChI is InChI=1S/C15H19N3O/c1-10-7-15(18-12-3-2-6-19-9-12)13-8-11(16)4-5-14(13)17-10/h4-5,7-8,12H,2-3,6,9,16H2,1H3,(H,17,18). The first kappa shape index (κ1) is 12.2. The SMILES string of the molecule is Cc1cc(NC2CCCOC2)c2cc(N)ccc2n1. The molecule has 1 aromatic heterocycles. The van der Waals surface area contributed by atoms with Crippen molar-refractivity contribution in [1.29, 1.82) is 0 Å². The number of rotatable bonds is 2.